The lowest BCUT2D eigenvalue weighted by molar-refractivity contribution is -0.148. The summed E-state index contributed by atoms with van der Waals surface area (Å²) in [5, 5.41) is 22.1. The van der Waals surface area contributed by atoms with Gasteiger partial charge in [-0.15, -0.1) is 0 Å². The molecule has 5 atom stereocenters. The summed E-state index contributed by atoms with van der Waals surface area (Å²) in [5.41, 5.74) is 17.0. The molecule has 2 heterocycles. The van der Waals surface area contributed by atoms with Crippen molar-refractivity contribution >= 4 is 23.7 Å². The highest BCUT2D eigenvalue weighted by atomic mass is 16.4. The molecule has 0 aliphatic carbocycles. The average Bonchev–Trinajstić information content (AvgIpc) is 3.44. The Morgan fingerprint density at radius 3 is 2.24 bits per heavy atom. The number of amides is 3. The number of aliphatic hydroxyl groups is 1. The van der Waals surface area contributed by atoms with Crippen LogP contribution in [-0.4, -0.2) is 100 Å². The summed E-state index contributed by atoms with van der Waals surface area (Å²) in [5.74, 6) is -2.52. The first-order chi connectivity index (χ1) is 16.2. The fourth-order valence-corrected chi connectivity index (χ4v) is 4.65. The van der Waals surface area contributed by atoms with Crippen molar-refractivity contribution in [2.75, 3.05) is 26.2 Å². The number of rotatable bonds is 13. The Kier molecular flexibility index (Phi) is 11.2. The van der Waals surface area contributed by atoms with Gasteiger partial charge in [0.15, 0.2) is 0 Å². The van der Waals surface area contributed by atoms with Crippen LogP contribution in [0.4, 0.5) is 0 Å². The molecule has 194 valence electrons. The molecule has 2 fully saturated rings. The highest BCUT2D eigenvalue weighted by Gasteiger charge is 2.45. The Hall–Kier alpha value is -2.28. The number of β-amino-alcohol motifs (C(OH)–C–C–N with tert-alkyl or cyclic N) is 1. The maximum Gasteiger partial charge on any atom is 0.326 e. The van der Waals surface area contributed by atoms with E-state index >= 15 is 0 Å². The highest BCUT2D eigenvalue weighted by molar-refractivity contribution is 5.95. The third kappa shape index (κ3) is 7.36. The van der Waals surface area contributed by atoms with Crippen molar-refractivity contribution in [2.24, 2.45) is 17.2 Å². The van der Waals surface area contributed by atoms with Crippen LogP contribution in [0.15, 0.2) is 0 Å². The molecular weight excluding hydrogens is 444 g/mol. The van der Waals surface area contributed by atoms with Gasteiger partial charge in [0.25, 0.3) is 0 Å². The number of nitrogens with two attached hydrogens (primary N) is 3. The number of aliphatic hydroxyl groups excluding tert-OH is 1. The van der Waals surface area contributed by atoms with Crippen molar-refractivity contribution in [3.8, 4) is 0 Å². The van der Waals surface area contributed by atoms with Crippen molar-refractivity contribution in [1.29, 1.82) is 0 Å². The molecule has 0 aromatic carbocycles. The minimum atomic E-state index is -1.17. The van der Waals surface area contributed by atoms with Crippen LogP contribution in [-0.2, 0) is 19.2 Å². The smallest absolute Gasteiger partial charge is 0.326 e. The lowest BCUT2D eigenvalue weighted by atomic mass is 10.1. The van der Waals surface area contributed by atoms with E-state index in [1.165, 1.54) is 9.80 Å². The van der Waals surface area contributed by atoms with Crippen LogP contribution in [0.25, 0.3) is 0 Å². The first-order valence-electron chi connectivity index (χ1n) is 12.2. The van der Waals surface area contributed by atoms with Gasteiger partial charge in [-0.2, -0.15) is 0 Å². The maximum atomic E-state index is 13.4. The number of unbranched alkanes of at least 4 members (excludes halogenated alkanes) is 2. The van der Waals surface area contributed by atoms with E-state index in [2.05, 4.69) is 5.32 Å². The number of carbonyl (C=O) groups is 4. The fourth-order valence-electron chi connectivity index (χ4n) is 4.65. The minimum Gasteiger partial charge on any atom is -0.480 e. The van der Waals surface area contributed by atoms with Crippen LogP contribution < -0.4 is 22.5 Å². The highest BCUT2D eigenvalue weighted by Crippen LogP contribution is 2.26. The van der Waals surface area contributed by atoms with E-state index in [4.69, 9.17) is 17.2 Å². The number of carboxylic acid groups (broad SMARTS) is 1. The van der Waals surface area contributed by atoms with Crippen molar-refractivity contribution in [3.05, 3.63) is 0 Å². The Morgan fingerprint density at radius 1 is 0.971 bits per heavy atom. The third-order valence-electron chi connectivity index (χ3n) is 6.53. The molecule has 0 spiro atoms. The number of carbonyl (C=O) groups excluding carboxylic acids is 3. The summed E-state index contributed by atoms with van der Waals surface area (Å²) < 4.78 is 0. The Morgan fingerprint density at radius 2 is 1.62 bits per heavy atom. The van der Waals surface area contributed by atoms with Crippen molar-refractivity contribution < 1.29 is 29.4 Å². The molecule has 0 saturated carbocycles. The molecule has 2 aliphatic heterocycles. The lowest BCUT2D eigenvalue weighted by Gasteiger charge is -2.32. The van der Waals surface area contributed by atoms with Crippen LogP contribution in [0.2, 0.25) is 0 Å². The summed E-state index contributed by atoms with van der Waals surface area (Å²) in [6.45, 7) is 1.28. The quantitative estimate of drug-likeness (QED) is 0.161. The predicted molar refractivity (Wildman–Crippen MR) is 124 cm³/mol. The van der Waals surface area contributed by atoms with Crippen molar-refractivity contribution in [2.45, 2.75) is 88.1 Å². The SMILES string of the molecule is NCCCC[C@H](NC(=O)[C@@H]1C[C@@H](O)CN1C(=O)[C@@H]1CCCN1C(=O)[C@@H](N)CCCCN)C(=O)O. The van der Waals surface area contributed by atoms with Gasteiger partial charge in [0.1, 0.15) is 18.1 Å². The predicted octanol–water partition coefficient (Wildman–Crippen LogP) is -1.91. The second-order valence-electron chi connectivity index (χ2n) is 9.16. The molecule has 2 aliphatic rings. The molecule has 2 saturated heterocycles. The molecule has 12 heteroatoms. The molecule has 3 amide bonds. The average molecular weight is 485 g/mol. The number of hydrogen-bond donors (Lipinski definition) is 6. The first kappa shape index (κ1) is 28.0. The Bertz CT molecular complexity index is 722. The molecule has 12 nitrogen and oxygen atoms in total. The first-order valence-corrected chi connectivity index (χ1v) is 12.2. The summed E-state index contributed by atoms with van der Waals surface area (Å²) >= 11 is 0. The number of hydrogen-bond acceptors (Lipinski definition) is 8. The Balaban J connectivity index is 2.06. The van der Waals surface area contributed by atoms with Gasteiger partial charge in [-0.25, -0.2) is 4.79 Å². The van der Waals surface area contributed by atoms with Crippen molar-refractivity contribution in [3.63, 3.8) is 0 Å². The molecule has 9 N–H and O–H groups in total. The van der Waals surface area contributed by atoms with E-state index in [-0.39, 0.29) is 25.3 Å². The van der Waals surface area contributed by atoms with E-state index in [0.717, 1.165) is 6.42 Å². The van der Waals surface area contributed by atoms with E-state index in [9.17, 15) is 29.4 Å². The zero-order valence-corrected chi connectivity index (χ0v) is 19.7. The lowest BCUT2D eigenvalue weighted by Crippen LogP contribution is -2.56. The van der Waals surface area contributed by atoms with Gasteiger partial charge >= 0.3 is 5.97 Å². The number of likely N-dealkylation sites (tertiary alicyclic amines) is 2. The molecule has 0 aromatic heterocycles. The number of aliphatic carboxylic acids is 1. The summed E-state index contributed by atoms with van der Waals surface area (Å²) in [7, 11) is 0. The minimum absolute atomic E-state index is 0.00593. The van der Waals surface area contributed by atoms with Gasteiger partial charge < -0.3 is 42.5 Å². The number of nitrogens with one attached hydrogen (secondary N) is 1. The molecule has 2 rings (SSSR count). The second-order valence-corrected chi connectivity index (χ2v) is 9.16. The van der Waals surface area contributed by atoms with Crippen molar-refractivity contribution in [1.82, 2.24) is 15.1 Å². The zero-order chi connectivity index (χ0) is 25.3. The van der Waals surface area contributed by atoms with Gasteiger partial charge in [0.05, 0.1) is 12.1 Å². The maximum absolute atomic E-state index is 13.4. The molecule has 0 aromatic rings. The largest absolute Gasteiger partial charge is 0.480 e. The second kappa shape index (κ2) is 13.6. The van der Waals surface area contributed by atoms with Crippen LogP contribution >= 0.6 is 0 Å². The molecule has 0 unspecified atom stereocenters. The number of carboxylic acids is 1. The number of nitrogens with zero attached hydrogens (tertiary/aromatic N) is 2. The van der Waals surface area contributed by atoms with Crippen LogP contribution in [0.1, 0.15) is 57.8 Å². The summed E-state index contributed by atoms with van der Waals surface area (Å²) in [4.78, 5) is 53.5. The van der Waals surface area contributed by atoms with E-state index in [0.29, 0.717) is 58.2 Å². The van der Waals surface area contributed by atoms with Gasteiger partial charge in [-0.3, -0.25) is 14.4 Å². The van der Waals surface area contributed by atoms with Crippen LogP contribution in [0, 0.1) is 0 Å². The summed E-state index contributed by atoms with van der Waals surface area (Å²) in [6, 6.07) is -3.60. The Labute approximate surface area is 200 Å². The molecule has 34 heavy (non-hydrogen) atoms. The van der Waals surface area contributed by atoms with E-state index < -0.39 is 48.1 Å². The van der Waals surface area contributed by atoms with E-state index in [1.54, 1.807) is 0 Å². The van der Waals surface area contributed by atoms with Gasteiger partial charge in [-0.1, -0.05) is 6.42 Å². The van der Waals surface area contributed by atoms with E-state index in [1.807, 2.05) is 0 Å². The molecule has 0 bridgehead atoms. The monoisotopic (exact) mass is 484 g/mol. The van der Waals surface area contributed by atoms with Crippen LogP contribution in [0.5, 0.6) is 0 Å². The standard InChI is InChI=1S/C22H40N6O6/c23-9-3-1-6-15(25)20(31)27-11-5-8-17(27)21(32)28-13-14(29)12-18(28)19(30)26-16(22(33)34)7-2-4-10-24/h14-18,29H,1-13,23-25H2,(H,26,30)(H,33,34)/t14-,15+,16+,17+,18+/m1/s1. The van der Waals surface area contributed by atoms with Gasteiger partial charge in [0, 0.05) is 19.5 Å². The van der Waals surface area contributed by atoms with Crippen LogP contribution in [0.3, 0.4) is 0 Å². The topological polar surface area (TPSA) is 205 Å². The molecule has 0 radical (unpaired) electrons. The zero-order valence-electron chi connectivity index (χ0n) is 19.7. The van der Waals surface area contributed by atoms with Gasteiger partial charge in [0.2, 0.25) is 17.7 Å². The normalized spacial score (nSPS) is 24.2. The van der Waals surface area contributed by atoms with Gasteiger partial charge in [-0.05, 0) is 58.0 Å². The molecular formula is C22H40N6O6. The fraction of sp³-hybridized carbons (Fsp3) is 0.818. The third-order valence-corrected chi connectivity index (χ3v) is 6.53. The summed E-state index contributed by atoms with van der Waals surface area (Å²) in [6.07, 6.45) is 3.50.